The molecule has 1 aliphatic heterocycles. The highest BCUT2D eigenvalue weighted by atomic mass is 32.1. The van der Waals surface area contributed by atoms with Gasteiger partial charge in [0.1, 0.15) is 17.8 Å². The SMILES string of the molecule is Cc1nc(C(=O)N2CCC(N(c3ccncn3)C3CC3)CC2)cs1. The predicted octanol–water partition coefficient (Wildman–Crippen LogP) is 2.52. The number of rotatable bonds is 4. The number of hydrogen-bond donors (Lipinski definition) is 0. The van der Waals surface area contributed by atoms with Crippen LogP contribution in [0.1, 0.15) is 41.2 Å². The fourth-order valence-electron chi connectivity index (χ4n) is 3.43. The minimum atomic E-state index is 0.0674. The Hall–Kier alpha value is -2.02. The predicted molar refractivity (Wildman–Crippen MR) is 93.3 cm³/mol. The van der Waals surface area contributed by atoms with E-state index in [2.05, 4.69) is 19.9 Å². The second-order valence-corrected chi connectivity index (χ2v) is 7.54. The first-order valence-corrected chi connectivity index (χ1v) is 9.36. The number of piperidine rings is 1. The number of amides is 1. The lowest BCUT2D eigenvalue weighted by atomic mass is 10.0. The summed E-state index contributed by atoms with van der Waals surface area (Å²) < 4.78 is 0. The lowest BCUT2D eigenvalue weighted by Gasteiger charge is -2.39. The van der Waals surface area contributed by atoms with Crippen molar-refractivity contribution in [2.45, 2.75) is 44.7 Å². The first-order valence-electron chi connectivity index (χ1n) is 8.48. The molecule has 7 heteroatoms. The number of hydrogen-bond acceptors (Lipinski definition) is 6. The summed E-state index contributed by atoms with van der Waals surface area (Å²) in [5.41, 5.74) is 0.589. The number of carbonyl (C=O) groups is 1. The van der Waals surface area contributed by atoms with E-state index in [1.54, 1.807) is 12.5 Å². The highest BCUT2D eigenvalue weighted by Crippen LogP contribution is 2.35. The number of carbonyl (C=O) groups excluding carboxylic acids is 1. The van der Waals surface area contributed by atoms with E-state index in [0.717, 1.165) is 36.8 Å². The molecule has 6 nitrogen and oxygen atoms in total. The topological polar surface area (TPSA) is 62.2 Å². The Kier molecular flexibility index (Phi) is 4.18. The Morgan fingerprint density at radius 1 is 1.25 bits per heavy atom. The van der Waals surface area contributed by atoms with E-state index >= 15 is 0 Å². The highest BCUT2D eigenvalue weighted by Gasteiger charge is 2.37. The van der Waals surface area contributed by atoms with Crippen LogP contribution in [0.5, 0.6) is 0 Å². The molecule has 24 heavy (non-hydrogen) atoms. The van der Waals surface area contributed by atoms with Gasteiger partial charge < -0.3 is 9.80 Å². The molecule has 3 heterocycles. The Balaban J connectivity index is 1.42. The van der Waals surface area contributed by atoms with Gasteiger partial charge in [-0.25, -0.2) is 15.0 Å². The van der Waals surface area contributed by atoms with Gasteiger partial charge in [0.05, 0.1) is 5.01 Å². The third-order valence-electron chi connectivity index (χ3n) is 4.75. The molecule has 0 radical (unpaired) electrons. The molecule has 1 aliphatic carbocycles. The molecule has 1 saturated heterocycles. The maximum Gasteiger partial charge on any atom is 0.273 e. The van der Waals surface area contributed by atoms with E-state index in [0.29, 0.717) is 17.8 Å². The summed E-state index contributed by atoms with van der Waals surface area (Å²) in [6, 6.07) is 3.05. The molecule has 1 saturated carbocycles. The molecule has 126 valence electrons. The van der Waals surface area contributed by atoms with Gasteiger partial charge in [0.15, 0.2) is 0 Å². The number of thiazole rings is 1. The molecular formula is C17H21N5OS. The van der Waals surface area contributed by atoms with Gasteiger partial charge in [0, 0.05) is 36.8 Å². The molecule has 0 unspecified atom stereocenters. The molecule has 0 aromatic carbocycles. The van der Waals surface area contributed by atoms with Crippen LogP contribution in [0.15, 0.2) is 24.0 Å². The van der Waals surface area contributed by atoms with Gasteiger partial charge in [0.2, 0.25) is 0 Å². The van der Waals surface area contributed by atoms with Crippen molar-refractivity contribution in [3.05, 3.63) is 34.7 Å². The molecule has 2 aliphatic rings. The van der Waals surface area contributed by atoms with Gasteiger partial charge in [-0.3, -0.25) is 4.79 Å². The van der Waals surface area contributed by atoms with Gasteiger partial charge >= 0.3 is 0 Å². The molecule has 2 aromatic heterocycles. The van der Waals surface area contributed by atoms with E-state index in [1.165, 1.54) is 24.2 Å². The van der Waals surface area contributed by atoms with Crippen molar-refractivity contribution in [3.63, 3.8) is 0 Å². The summed E-state index contributed by atoms with van der Waals surface area (Å²) in [5.74, 6) is 1.09. The average molecular weight is 343 g/mol. The van der Waals surface area contributed by atoms with Crippen molar-refractivity contribution < 1.29 is 4.79 Å². The van der Waals surface area contributed by atoms with E-state index in [9.17, 15) is 4.79 Å². The van der Waals surface area contributed by atoms with Crippen LogP contribution < -0.4 is 4.90 Å². The van der Waals surface area contributed by atoms with Crippen LogP contribution >= 0.6 is 11.3 Å². The lowest BCUT2D eigenvalue weighted by molar-refractivity contribution is 0.0706. The minimum Gasteiger partial charge on any atom is -0.350 e. The van der Waals surface area contributed by atoms with Crippen LogP contribution in [0.25, 0.3) is 0 Å². The first-order chi connectivity index (χ1) is 11.7. The van der Waals surface area contributed by atoms with Crippen molar-refractivity contribution in [2.75, 3.05) is 18.0 Å². The van der Waals surface area contributed by atoms with Gasteiger partial charge in [-0.2, -0.15) is 0 Å². The van der Waals surface area contributed by atoms with Crippen LogP contribution in [0.4, 0.5) is 5.82 Å². The Morgan fingerprint density at radius 2 is 2.00 bits per heavy atom. The summed E-state index contributed by atoms with van der Waals surface area (Å²) in [6.45, 7) is 3.51. The van der Waals surface area contributed by atoms with E-state index in [4.69, 9.17) is 0 Å². The Bertz CT molecular complexity index is 707. The van der Waals surface area contributed by atoms with Crippen molar-refractivity contribution >= 4 is 23.1 Å². The molecule has 2 fully saturated rings. The quantitative estimate of drug-likeness (QED) is 0.853. The molecule has 1 amide bonds. The normalized spacial score (nSPS) is 18.6. The zero-order valence-corrected chi connectivity index (χ0v) is 14.6. The lowest BCUT2D eigenvalue weighted by Crippen LogP contribution is -2.48. The van der Waals surface area contributed by atoms with Crippen LogP contribution in [-0.4, -0.2) is 50.9 Å². The number of anilines is 1. The second kappa shape index (κ2) is 6.47. The summed E-state index contributed by atoms with van der Waals surface area (Å²) in [5, 5.41) is 2.80. The molecule has 2 aromatic rings. The highest BCUT2D eigenvalue weighted by molar-refractivity contribution is 7.09. The van der Waals surface area contributed by atoms with E-state index in [1.807, 2.05) is 23.3 Å². The number of aryl methyl sites for hydroxylation is 1. The number of aromatic nitrogens is 3. The average Bonchev–Trinajstić information content (AvgIpc) is 3.36. The van der Waals surface area contributed by atoms with Crippen LogP contribution in [-0.2, 0) is 0 Å². The fraction of sp³-hybridized carbons (Fsp3) is 0.529. The molecule has 0 bridgehead atoms. The van der Waals surface area contributed by atoms with E-state index < -0.39 is 0 Å². The molecule has 0 atom stereocenters. The number of nitrogens with zero attached hydrogens (tertiary/aromatic N) is 5. The van der Waals surface area contributed by atoms with Gasteiger partial charge in [0.25, 0.3) is 5.91 Å². The van der Waals surface area contributed by atoms with Crippen molar-refractivity contribution in [3.8, 4) is 0 Å². The van der Waals surface area contributed by atoms with Gasteiger partial charge in [-0.15, -0.1) is 11.3 Å². The van der Waals surface area contributed by atoms with Gasteiger partial charge in [-0.05, 0) is 38.7 Å². The largest absolute Gasteiger partial charge is 0.350 e. The first kappa shape index (κ1) is 15.5. The molecular weight excluding hydrogens is 322 g/mol. The zero-order chi connectivity index (χ0) is 16.5. The fourth-order valence-corrected chi connectivity index (χ4v) is 4.02. The van der Waals surface area contributed by atoms with Crippen LogP contribution in [0.2, 0.25) is 0 Å². The van der Waals surface area contributed by atoms with Crippen LogP contribution in [0, 0.1) is 6.92 Å². The zero-order valence-electron chi connectivity index (χ0n) is 13.8. The summed E-state index contributed by atoms with van der Waals surface area (Å²) in [7, 11) is 0. The smallest absolute Gasteiger partial charge is 0.273 e. The monoisotopic (exact) mass is 343 g/mol. The standard InChI is InChI=1S/C17H21N5OS/c1-12-20-15(10-24-12)17(23)21-8-5-14(6-9-21)22(13-2-3-13)16-4-7-18-11-19-16/h4,7,10-11,13-14H,2-3,5-6,8-9H2,1H3. The van der Waals surface area contributed by atoms with Crippen LogP contribution in [0.3, 0.4) is 0 Å². The van der Waals surface area contributed by atoms with Crippen molar-refractivity contribution in [1.29, 1.82) is 0 Å². The third-order valence-corrected chi connectivity index (χ3v) is 5.53. The summed E-state index contributed by atoms with van der Waals surface area (Å²) in [6.07, 6.45) is 7.86. The van der Waals surface area contributed by atoms with Crippen molar-refractivity contribution in [1.82, 2.24) is 19.9 Å². The number of likely N-dealkylation sites (tertiary alicyclic amines) is 1. The Labute approximate surface area is 145 Å². The van der Waals surface area contributed by atoms with E-state index in [-0.39, 0.29) is 5.91 Å². The molecule has 0 spiro atoms. The molecule has 4 rings (SSSR count). The molecule has 0 N–H and O–H groups in total. The second-order valence-electron chi connectivity index (χ2n) is 6.48. The maximum atomic E-state index is 12.5. The summed E-state index contributed by atoms with van der Waals surface area (Å²) >= 11 is 1.53. The Morgan fingerprint density at radius 3 is 2.58 bits per heavy atom. The van der Waals surface area contributed by atoms with Crippen molar-refractivity contribution in [2.24, 2.45) is 0 Å². The third kappa shape index (κ3) is 3.13. The maximum absolute atomic E-state index is 12.5. The summed E-state index contributed by atoms with van der Waals surface area (Å²) in [4.78, 5) is 29.7. The van der Waals surface area contributed by atoms with Gasteiger partial charge in [-0.1, -0.05) is 0 Å². The minimum absolute atomic E-state index is 0.0674.